The second kappa shape index (κ2) is 9.59. The number of amides is 1. The molecule has 2 N–H and O–H groups in total. The zero-order chi connectivity index (χ0) is 21.6. The zero-order valence-corrected chi connectivity index (χ0v) is 17.1. The van der Waals surface area contributed by atoms with Crippen molar-refractivity contribution in [3.63, 3.8) is 0 Å². The minimum absolute atomic E-state index is 0.220. The summed E-state index contributed by atoms with van der Waals surface area (Å²) in [6.07, 6.45) is 5.08. The lowest BCUT2D eigenvalue weighted by Crippen LogP contribution is -2.48. The Morgan fingerprint density at radius 1 is 1.17 bits per heavy atom. The van der Waals surface area contributed by atoms with E-state index in [2.05, 4.69) is 17.2 Å². The summed E-state index contributed by atoms with van der Waals surface area (Å²) >= 11 is 6.05. The molecular weight excluding hydrogens is 400 g/mol. The minimum atomic E-state index is -1.87. The minimum Gasteiger partial charge on any atom is -0.369 e. The smallest absolute Gasteiger partial charge is 0.269 e. The van der Waals surface area contributed by atoms with E-state index in [9.17, 15) is 14.7 Å². The van der Waals surface area contributed by atoms with Crippen LogP contribution in [-0.2, 0) is 4.79 Å². The third kappa shape index (κ3) is 4.89. The number of benzene rings is 2. The molecule has 0 bridgehead atoms. The zero-order valence-electron chi connectivity index (χ0n) is 16.3. The summed E-state index contributed by atoms with van der Waals surface area (Å²) in [4.78, 5) is 23.9. The molecule has 0 radical (unpaired) electrons. The molecule has 1 atom stereocenters. The molecule has 0 saturated heterocycles. The van der Waals surface area contributed by atoms with Crippen LogP contribution in [0.15, 0.2) is 42.5 Å². The van der Waals surface area contributed by atoms with Crippen LogP contribution < -0.4 is 5.32 Å². The summed E-state index contributed by atoms with van der Waals surface area (Å²) in [7, 11) is 0. The molecule has 0 aliphatic heterocycles. The number of aldehydes is 1. The highest BCUT2D eigenvalue weighted by Crippen LogP contribution is 2.34. The molecule has 1 unspecified atom stereocenters. The van der Waals surface area contributed by atoms with E-state index in [0.29, 0.717) is 35.2 Å². The monoisotopic (exact) mass is 420 g/mol. The van der Waals surface area contributed by atoms with Gasteiger partial charge in [-0.2, -0.15) is 5.26 Å². The predicted octanol–water partition coefficient (Wildman–Crippen LogP) is 4.33. The Bertz CT molecular complexity index is 1040. The summed E-state index contributed by atoms with van der Waals surface area (Å²) in [6.45, 7) is 0. The quantitative estimate of drug-likeness (QED) is 0.569. The van der Waals surface area contributed by atoms with E-state index < -0.39 is 11.5 Å². The van der Waals surface area contributed by atoms with Gasteiger partial charge in [-0.15, -0.1) is 0 Å². The molecule has 0 heterocycles. The third-order valence-corrected chi connectivity index (χ3v) is 5.65. The summed E-state index contributed by atoms with van der Waals surface area (Å²) < 4.78 is 0. The fraction of sp³-hybridized carbons (Fsp3) is 0.292. The van der Waals surface area contributed by atoms with Gasteiger partial charge in [0.15, 0.2) is 0 Å². The molecule has 2 aromatic carbocycles. The van der Waals surface area contributed by atoms with Crippen LogP contribution in [-0.4, -0.2) is 22.9 Å². The number of hydrogen-bond acceptors (Lipinski definition) is 4. The number of carbonyl (C=O) groups is 2. The van der Waals surface area contributed by atoms with Crippen molar-refractivity contribution in [2.75, 3.05) is 5.32 Å². The van der Waals surface area contributed by atoms with E-state index in [1.54, 1.807) is 30.3 Å². The molecule has 5 nitrogen and oxygen atoms in total. The molecule has 1 aliphatic carbocycles. The molecule has 30 heavy (non-hydrogen) atoms. The van der Waals surface area contributed by atoms with Gasteiger partial charge in [-0.1, -0.05) is 54.8 Å². The van der Waals surface area contributed by atoms with E-state index >= 15 is 0 Å². The van der Waals surface area contributed by atoms with E-state index in [1.807, 2.05) is 6.07 Å². The van der Waals surface area contributed by atoms with Crippen molar-refractivity contribution in [1.29, 1.82) is 5.26 Å². The molecule has 2 aromatic rings. The highest BCUT2D eigenvalue weighted by Gasteiger charge is 2.43. The predicted molar refractivity (Wildman–Crippen MR) is 115 cm³/mol. The topological polar surface area (TPSA) is 90.2 Å². The van der Waals surface area contributed by atoms with Crippen molar-refractivity contribution < 1.29 is 14.7 Å². The Hall–Kier alpha value is -3.12. The number of aliphatic hydroxyl groups is 1. The molecule has 1 saturated carbocycles. The van der Waals surface area contributed by atoms with E-state index in [4.69, 9.17) is 16.9 Å². The number of rotatable bonds is 4. The SMILES string of the molecule is N#Cc1ccc(NC(=O)C(O)(C#Cc2ccc(C=O)cc2)C2CCCCC2)cc1Cl. The van der Waals surface area contributed by atoms with Gasteiger partial charge in [-0.3, -0.25) is 9.59 Å². The van der Waals surface area contributed by atoms with E-state index in [1.165, 1.54) is 12.1 Å². The third-order valence-electron chi connectivity index (χ3n) is 5.33. The molecule has 1 aliphatic rings. The van der Waals surface area contributed by atoms with Crippen molar-refractivity contribution in [2.45, 2.75) is 37.7 Å². The van der Waals surface area contributed by atoms with Gasteiger partial charge in [0.2, 0.25) is 5.60 Å². The van der Waals surface area contributed by atoms with Crippen LogP contribution in [0.1, 0.15) is 53.6 Å². The standard InChI is InChI=1S/C24H21ClN2O3/c25-22-14-21(11-10-19(22)15-26)27-23(29)24(30,20-4-2-1-3-5-20)13-12-17-6-8-18(16-28)9-7-17/h6-11,14,16,20,30H,1-5H2,(H,27,29). The number of nitrogens with zero attached hydrogens (tertiary/aromatic N) is 1. The number of anilines is 1. The van der Waals surface area contributed by atoms with Gasteiger partial charge in [-0.25, -0.2) is 0 Å². The van der Waals surface area contributed by atoms with Gasteiger partial charge in [0.1, 0.15) is 12.4 Å². The number of halogens is 1. The van der Waals surface area contributed by atoms with Crippen LogP contribution in [0.25, 0.3) is 0 Å². The largest absolute Gasteiger partial charge is 0.369 e. The summed E-state index contributed by atoms with van der Waals surface area (Å²) in [6, 6.07) is 13.1. The van der Waals surface area contributed by atoms with Gasteiger partial charge in [0.05, 0.1) is 10.6 Å². The fourth-order valence-electron chi connectivity index (χ4n) is 3.59. The number of hydrogen-bond donors (Lipinski definition) is 2. The first-order valence-corrected chi connectivity index (χ1v) is 10.2. The van der Waals surface area contributed by atoms with Gasteiger partial charge in [0, 0.05) is 22.7 Å². The molecule has 1 amide bonds. The second-order valence-corrected chi connectivity index (χ2v) is 7.76. The Labute approximate surface area is 180 Å². The highest BCUT2D eigenvalue weighted by molar-refractivity contribution is 6.32. The number of nitrogens with one attached hydrogen (secondary N) is 1. The lowest BCUT2D eigenvalue weighted by atomic mass is 9.76. The second-order valence-electron chi connectivity index (χ2n) is 7.35. The lowest BCUT2D eigenvalue weighted by Gasteiger charge is -2.33. The van der Waals surface area contributed by atoms with Crippen LogP contribution in [0.4, 0.5) is 5.69 Å². The Morgan fingerprint density at radius 2 is 1.87 bits per heavy atom. The average Bonchev–Trinajstić information content (AvgIpc) is 2.78. The Kier molecular flexibility index (Phi) is 6.90. The fourth-order valence-corrected chi connectivity index (χ4v) is 3.81. The van der Waals surface area contributed by atoms with Crippen molar-refractivity contribution in [3.8, 4) is 17.9 Å². The summed E-state index contributed by atoms with van der Waals surface area (Å²) in [5, 5.41) is 23.3. The maximum Gasteiger partial charge on any atom is 0.269 e. The average molecular weight is 421 g/mol. The van der Waals surface area contributed by atoms with E-state index in [-0.39, 0.29) is 10.9 Å². The molecular formula is C24H21ClN2O3. The van der Waals surface area contributed by atoms with Crippen LogP contribution in [0, 0.1) is 29.1 Å². The van der Waals surface area contributed by atoms with Gasteiger partial charge in [-0.05, 0) is 43.2 Å². The van der Waals surface area contributed by atoms with E-state index in [0.717, 1.165) is 25.5 Å². The first-order valence-electron chi connectivity index (χ1n) is 9.78. The maximum atomic E-state index is 13.1. The molecule has 152 valence electrons. The molecule has 0 spiro atoms. The Morgan fingerprint density at radius 3 is 2.47 bits per heavy atom. The van der Waals surface area contributed by atoms with Crippen molar-refractivity contribution >= 4 is 29.5 Å². The molecule has 3 rings (SSSR count). The lowest BCUT2D eigenvalue weighted by molar-refractivity contribution is -0.134. The number of carbonyl (C=O) groups excluding carboxylic acids is 2. The normalized spacial score (nSPS) is 15.8. The molecule has 1 fully saturated rings. The van der Waals surface area contributed by atoms with Gasteiger partial charge >= 0.3 is 0 Å². The van der Waals surface area contributed by atoms with Crippen LogP contribution >= 0.6 is 11.6 Å². The summed E-state index contributed by atoms with van der Waals surface area (Å²) in [5.74, 6) is 4.77. The van der Waals surface area contributed by atoms with Gasteiger partial charge in [0.25, 0.3) is 5.91 Å². The Balaban J connectivity index is 1.90. The first-order chi connectivity index (χ1) is 14.5. The maximum absolute atomic E-state index is 13.1. The highest BCUT2D eigenvalue weighted by atomic mass is 35.5. The molecule has 0 aromatic heterocycles. The summed E-state index contributed by atoms with van der Waals surface area (Å²) in [5.41, 5.74) is -0.0573. The van der Waals surface area contributed by atoms with Crippen LogP contribution in [0.3, 0.4) is 0 Å². The van der Waals surface area contributed by atoms with Crippen LogP contribution in [0.5, 0.6) is 0 Å². The van der Waals surface area contributed by atoms with Crippen LogP contribution in [0.2, 0.25) is 5.02 Å². The molecule has 6 heteroatoms. The van der Waals surface area contributed by atoms with Crippen molar-refractivity contribution in [3.05, 3.63) is 64.2 Å². The van der Waals surface area contributed by atoms with Crippen molar-refractivity contribution in [2.24, 2.45) is 5.92 Å². The number of nitriles is 1. The first kappa shape index (κ1) is 21.6. The van der Waals surface area contributed by atoms with Gasteiger partial charge < -0.3 is 10.4 Å². The van der Waals surface area contributed by atoms with Crippen molar-refractivity contribution in [1.82, 2.24) is 0 Å².